The maximum Gasteiger partial charge on any atom is 0.389 e. The van der Waals surface area contributed by atoms with Crippen molar-refractivity contribution in [2.75, 3.05) is 24.6 Å². The molecule has 9 heteroatoms. The Hall–Kier alpha value is -2.39. The van der Waals surface area contributed by atoms with Gasteiger partial charge in [-0.3, -0.25) is 0 Å². The van der Waals surface area contributed by atoms with E-state index < -0.39 is 28.2 Å². The highest BCUT2D eigenvalue weighted by Crippen LogP contribution is 2.39. The monoisotopic (exact) mass is 609 g/mol. The van der Waals surface area contributed by atoms with Crippen LogP contribution in [0.25, 0.3) is 11.1 Å². The van der Waals surface area contributed by atoms with E-state index in [0.29, 0.717) is 6.42 Å². The zero-order chi connectivity index (χ0) is 30.2. The minimum Gasteiger partial charge on any atom is -0.508 e. The third-order valence-corrected chi connectivity index (χ3v) is 10.4. The summed E-state index contributed by atoms with van der Waals surface area (Å²) in [6.45, 7) is 1.85. The van der Waals surface area contributed by atoms with E-state index in [4.69, 9.17) is 0 Å². The highest BCUT2D eigenvalue weighted by Gasteiger charge is 2.29. The standard InChI is InChI=1S/C33H43F4NO3S/c34-27-14-12-25(13-15-27)30-11-5-8-26-24-29(39)16-17-31(26)32(30)10-3-1-2-4-20-38-21-6-9-28(38)18-23-42(40,41)22-7-19-33(35,36)37/h12-17,24,28,39H,1-11,18-23H2. The van der Waals surface area contributed by atoms with Crippen LogP contribution in [0.2, 0.25) is 0 Å². The van der Waals surface area contributed by atoms with Crippen molar-refractivity contribution in [3.05, 3.63) is 65.0 Å². The van der Waals surface area contributed by atoms with Crippen LogP contribution in [0.3, 0.4) is 0 Å². The molecule has 2 aromatic rings. The number of likely N-dealkylation sites (tertiary alicyclic amines) is 1. The zero-order valence-corrected chi connectivity index (χ0v) is 25.1. The van der Waals surface area contributed by atoms with Gasteiger partial charge in [0.05, 0.1) is 11.5 Å². The highest BCUT2D eigenvalue weighted by molar-refractivity contribution is 7.91. The molecule has 0 bridgehead atoms. The van der Waals surface area contributed by atoms with Gasteiger partial charge in [0, 0.05) is 12.5 Å². The molecule has 0 amide bonds. The van der Waals surface area contributed by atoms with Crippen molar-refractivity contribution in [2.24, 2.45) is 0 Å². The van der Waals surface area contributed by atoms with E-state index in [-0.39, 0.29) is 29.8 Å². The second-order valence-electron chi connectivity index (χ2n) is 11.8. The normalized spacial score (nSPS) is 18.3. The van der Waals surface area contributed by atoms with E-state index in [2.05, 4.69) is 4.90 Å². The lowest BCUT2D eigenvalue weighted by Crippen LogP contribution is -2.32. The molecule has 1 fully saturated rings. The van der Waals surface area contributed by atoms with Crippen molar-refractivity contribution < 1.29 is 31.1 Å². The van der Waals surface area contributed by atoms with Gasteiger partial charge in [-0.05, 0) is 129 Å². The molecule has 0 saturated carbocycles. The summed E-state index contributed by atoms with van der Waals surface area (Å²) in [7, 11) is -3.47. The van der Waals surface area contributed by atoms with Gasteiger partial charge < -0.3 is 10.0 Å². The van der Waals surface area contributed by atoms with Crippen molar-refractivity contribution in [3.63, 3.8) is 0 Å². The highest BCUT2D eigenvalue weighted by atomic mass is 32.2. The molecule has 1 N–H and O–H groups in total. The molecule has 1 saturated heterocycles. The first-order chi connectivity index (χ1) is 20.0. The van der Waals surface area contributed by atoms with Crippen LogP contribution < -0.4 is 0 Å². The Bertz CT molecular complexity index is 1310. The Morgan fingerprint density at radius 1 is 0.905 bits per heavy atom. The number of unbranched alkanes of at least 4 members (excludes halogenated alkanes) is 3. The third kappa shape index (κ3) is 9.83. The Morgan fingerprint density at radius 2 is 1.67 bits per heavy atom. The number of phenols is 1. The molecule has 1 aliphatic carbocycles. The van der Waals surface area contributed by atoms with Crippen LogP contribution in [0.15, 0.2) is 42.5 Å². The lowest BCUT2D eigenvalue weighted by molar-refractivity contribution is -0.134. The number of hydrogen-bond acceptors (Lipinski definition) is 4. The predicted octanol–water partition coefficient (Wildman–Crippen LogP) is 8.34. The van der Waals surface area contributed by atoms with Crippen molar-refractivity contribution in [1.82, 2.24) is 4.90 Å². The van der Waals surface area contributed by atoms with Gasteiger partial charge in [-0.25, -0.2) is 12.8 Å². The molecule has 0 radical (unpaired) electrons. The van der Waals surface area contributed by atoms with E-state index in [1.807, 2.05) is 24.3 Å². The second-order valence-corrected chi connectivity index (χ2v) is 14.1. The molecule has 1 unspecified atom stereocenters. The number of rotatable bonds is 14. The largest absolute Gasteiger partial charge is 0.508 e. The van der Waals surface area contributed by atoms with Crippen LogP contribution in [0.1, 0.15) is 93.7 Å². The summed E-state index contributed by atoms with van der Waals surface area (Å²) < 4.78 is 75.3. The van der Waals surface area contributed by atoms with Crippen molar-refractivity contribution >= 4 is 21.0 Å². The molecule has 1 aliphatic heterocycles. The van der Waals surface area contributed by atoms with Crippen LogP contribution in [0.5, 0.6) is 5.75 Å². The van der Waals surface area contributed by atoms with Gasteiger partial charge >= 0.3 is 6.18 Å². The molecule has 4 rings (SSSR count). The number of allylic oxidation sites excluding steroid dienone is 2. The molecular weight excluding hydrogens is 566 g/mol. The van der Waals surface area contributed by atoms with E-state index in [1.54, 1.807) is 6.07 Å². The van der Waals surface area contributed by atoms with Crippen molar-refractivity contribution in [2.45, 2.75) is 95.7 Å². The van der Waals surface area contributed by atoms with Gasteiger partial charge in [-0.15, -0.1) is 0 Å². The summed E-state index contributed by atoms with van der Waals surface area (Å²) in [5, 5.41) is 10.1. The first-order valence-corrected chi connectivity index (χ1v) is 17.1. The number of sulfone groups is 1. The van der Waals surface area contributed by atoms with E-state index in [9.17, 15) is 31.1 Å². The number of phenolic OH excluding ortho intramolecular Hbond substituents is 1. The Balaban J connectivity index is 1.27. The van der Waals surface area contributed by atoms with E-state index >= 15 is 0 Å². The van der Waals surface area contributed by atoms with E-state index in [1.165, 1.54) is 28.8 Å². The average molecular weight is 610 g/mol. The number of aryl methyl sites for hydroxylation is 1. The first kappa shape index (κ1) is 32.5. The summed E-state index contributed by atoms with van der Waals surface area (Å²) in [6, 6.07) is 12.5. The van der Waals surface area contributed by atoms with Crippen LogP contribution in [0, 0.1) is 5.82 Å². The molecule has 1 atom stereocenters. The number of benzene rings is 2. The first-order valence-electron chi connectivity index (χ1n) is 15.3. The predicted molar refractivity (Wildman–Crippen MR) is 160 cm³/mol. The molecule has 0 spiro atoms. The molecule has 2 aliphatic rings. The molecule has 2 aromatic carbocycles. The number of aromatic hydroxyl groups is 1. The van der Waals surface area contributed by atoms with Gasteiger partial charge in [-0.2, -0.15) is 13.2 Å². The van der Waals surface area contributed by atoms with Gasteiger partial charge in [0.25, 0.3) is 0 Å². The molecular formula is C33H43F4NO3S. The lowest BCUT2D eigenvalue weighted by atomic mass is 9.89. The number of hydrogen-bond donors (Lipinski definition) is 1. The van der Waals surface area contributed by atoms with Gasteiger partial charge in [0.1, 0.15) is 21.4 Å². The Morgan fingerprint density at radius 3 is 2.43 bits per heavy atom. The maximum absolute atomic E-state index is 13.6. The summed E-state index contributed by atoms with van der Waals surface area (Å²) >= 11 is 0. The summed E-state index contributed by atoms with van der Waals surface area (Å²) in [5.74, 6) is -0.415. The fourth-order valence-electron chi connectivity index (χ4n) is 6.50. The zero-order valence-electron chi connectivity index (χ0n) is 24.3. The van der Waals surface area contributed by atoms with Gasteiger partial charge in [0.15, 0.2) is 0 Å². The quantitative estimate of drug-likeness (QED) is 0.173. The topological polar surface area (TPSA) is 57.6 Å². The Labute approximate surface area is 247 Å². The molecule has 42 heavy (non-hydrogen) atoms. The summed E-state index contributed by atoms with van der Waals surface area (Å²) in [6.07, 6.45) is 4.54. The Kier molecular flexibility index (Phi) is 11.5. The van der Waals surface area contributed by atoms with Crippen LogP contribution >= 0.6 is 0 Å². The van der Waals surface area contributed by atoms with Crippen LogP contribution in [-0.2, 0) is 16.3 Å². The number of halogens is 4. The second kappa shape index (κ2) is 14.9. The van der Waals surface area contributed by atoms with Crippen molar-refractivity contribution in [1.29, 1.82) is 0 Å². The van der Waals surface area contributed by atoms with Crippen molar-refractivity contribution in [3.8, 4) is 5.75 Å². The fraction of sp³-hybridized carbons (Fsp3) is 0.576. The van der Waals surface area contributed by atoms with E-state index in [0.717, 1.165) is 88.4 Å². The fourth-order valence-corrected chi connectivity index (χ4v) is 7.92. The maximum atomic E-state index is 13.6. The molecule has 4 nitrogen and oxygen atoms in total. The van der Waals surface area contributed by atoms with Gasteiger partial charge in [0.2, 0.25) is 0 Å². The lowest BCUT2D eigenvalue weighted by Gasteiger charge is -2.24. The minimum absolute atomic E-state index is 0.0449. The number of fused-ring (bicyclic) bond motifs is 1. The third-order valence-electron chi connectivity index (χ3n) is 8.64. The smallest absolute Gasteiger partial charge is 0.389 e. The molecule has 232 valence electrons. The SMILES string of the molecule is O=S(=O)(CCCC(F)(F)F)CCC1CCCN1CCCCCCC1=C(c2ccc(F)cc2)CCCc2cc(O)ccc21. The molecule has 1 heterocycles. The number of nitrogens with zero attached hydrogens (tertiary/aromatic N) is 1. The summed E-state index contributed by atoms with van der Waals surface area (Å²) in [5.41, 5.74) is 5.93. The van der Waals surface area contributed by atoms with Gasteiger partial charge in [-0.1, -0.05) is 31.0 Å². The number of alkyl halides is 3. The summed E-state index contributed by atoms with van der Waals surface area (Å²) in [4.78, 5) is 2.36. The van der Waals surface area contributed by atoms with Crippen LogP contribution in [0.4, 0.5) is 17.6 Å². The van der Waals surface area contributed by atoms with Crippen LogP contribution in [-0.4, -0.2) is 55.2 Å². The average Bonchev–Trinajstić information content (AvgIpc) is 3.30. The molecule has 0 aromatic heterocycles. The minimum atomic E-state index is -4.32.